The van der Waals surface area contributed by atoms with Gasteiger partial charge in [-0.05, 0) is 55.4 Å². The molecule has 2 saturated heterocycles. The number of urea groups is 1. The SMILES string of the molecule is CC1(CN)CCN(C(=O)CN2C(=O)NC3(CCC(C(C)(C)C)CC3)C2=O)C1. The Hall–Kier alpha value is -1.63. The molecule has 3 N–H and O–H groups in total. The van der Waals surface area contributed by atoms with E-state index in [4.69, 9.17) is 5.73 Å². The Morgan fingerprint density at radius 1 is 1.22 bits per heavy atom. The lowest BCUT2D eigenvalue weighted by Crippen LogP contribution is -2.51. The van der Waals surface area contributed by atoms with E-state index in [0.29, 0.717) is 38.4 Å². The molecular formula is C20H34N4O3. The highest BCUT2D eigenvalue weighted by atomic mass is 16.2. The molecule has 7 nitrogen and oxygen atoms in total. The Labute approximate surface area is 162 Å². The summed E-state index contributed by atoms with van der Waals surface area (Å²) >= 11 is 0. The second kappa shape index (κ2) is 6.76. The predicted octanol–water partition coefficient (Wildman–Crippen LogP) is 1.71. The summed E-state index contributed by atoms with van der Waals surface area (Å²) in [5.74, 6) is 0.146. The maximum Gasteiger partial charge on any atom is 0.325 e. The fourth-order valence-electron chi connectivity index (χ4n) is 4.77. The van der Waals surface area contributed by atoms with Gasteiger partial charge < -0.3 is 16.0 Å². The van der Waals surface area contributed by atoms with Crippen LogP contribution in [-0.2, 0) is 9.59 Å². The monoisotopic (exact) mass is 378 g/mol. The molecule has 3 aliphatic rings. The summed E-state index contributed by atoms with van der Waals surface area (Å²) in [5, 5.41) is 2.91. The minimum Gasteiger partial charge on any atom is -0.341 e. The fraction of sp³-hybridized carbons (Fsp3) is 0.850. The van der Waals surface area contributed by atoms with Crippen molar-refractivity contribution >= 4 is 17.8 Å². The van der Waals surface area contributed by atoms with Gasteiger partial charge in [-0.3, -0.25) is 14.5 Å². The number of amides is 4. The number of hydrogen-bond acceptors (Lipinski definition) is 4. The Morgan fingerprint density at radius 2 is 1.85 bits per heavy atom. The van der Waals surface area contributed by atoms with Gasteiger partial charge in [-0.25, -0.2) is 4.79 Å². The number of imide groups is 1. The van der Waals surface area contributed by atoms with E-state index in [9.17, 15) is 14.4 Å². The molecule has 1 saturated carbocycles. The summed E-state index contributed by atoms with van der Waals surface area (Å²) in [6.45, 7) is 10.3. The van der Waals surface area contributed by atoms with Crippen molar-refractivity contribution in [3.05, 3.63) is 0 Å². The molecule has 27 heavy (non-hydrogen) atoms. The third kappa shape index (κ3) is 3.71. The number of hydrogen-bond donors (Lipinski definition) is 2. The normalized spacial score (nSPS) is 34.5. The van der Waals surface area contributed by atoms with E-state index in [1.807, 2.05) is 0 Å². The number of carbonyl (C=O) groups is 3. The first-order valence-corrected chi connectivity index (χ1v) is 10.1. The molecule has 3 fully saturated rings. The fourth-order valence-corrected chi connectivity index (χ4v) is 4.77. The van der Waals surface area contributed by atoms with E-state index in [1.54, 1.807) is 4.90 Å². The van der Waals surface area contributed by atoms with E-state index < -0.39 is 11.6 Å². The van der Waals surface area contributed by atoms with Crippen LogP contribution in [0.1, 0.15) is 59.8 Å². The highest BCUT2D eigenvalue weighted by molar-refractivity contribution is 6.09. The Balaban J connectivity index is 1.63. The number of nitrogens with two attached hydrogens (primary N) is 1. The molecule has 0 aromatic carbocycles. The first kappa shape index (κ1) is 20.1. The molecule has 1 aliphatic carbocycles. The molecule has 2 heterocycles. The zero-order chi connectivity index (χ0) is 20.0. The van der Waals surface area contributed by atoms with Gasteiger partial charge in [-0.15, -0.1) is 0 Å². The van der Waals surface area contributed by atoms with E-state index >= 15 is 0 Å². The predicted molar refractivity (Wildman–Crippen MR) is 103 cm³/mol. The van der Waals surface area contributed by atoms with Gasteiger partial charge in [-0.2, -0.15) is 0 Å². The maximum atomic E-state index is 13.0. The lowest BCUT2D eigenvalue weighted by atomic mass is 9.67. The second-order valence-electron chi connectivity index (χ2n) is 10.1. The summed E-state index contributed by atoms with van der Waals surface area (Å²) in [6, 6.07) is -0.427. The molecule has 7 heteroatoms. The highest BCUT2D eigenvalue weighted by Crippen LogP contribution is 2.43. The Bertz CT molecular complexity index is 634. The molecule has 0 aromatic heterocycles. The van der Waals surface area contributed by atoms with E-state index in [1.165, 1.54) is 0 Å². The van der Waals surface area contributed by atoms with Crippen LogP contribution >= 0.6 is 0 Å². The topological polar surface area (TPSA) is 95.7 Å². The first-order valence-electron chi connectivity index (χ1n) is 10.1. The van der Waals surface area contributed by atoms with E-state index in [0.717, 1.165) is 24.2 Å². The minimum absolute atomic E-state index is 0.0699. The number of nitrogens with zero attached hydrogens (tertiary/aromatic N) is 2. The number of carbonyl (C=O) groups excluding carboxylic acids is 3. The van der Waals surface area contributed by atoms with Crippen molar-refractivity contribution < 1.29 is 14.4 Å². The van der Waals surface area contributed by atoms with Crippen molar-refractivity contribution in [3.63, 3.8) is 0 Å². The molecule has 4 amide bonds. The highest BCUT2D eigenvalue weighted by Gasteiger charge is 2.54. The average Bonchev–Trinajstić information content (AvgIpc) is 3.10. The van der Waals surface area contributed by atoms with Gasteiger partial charge >= 0.3 is 6.03 Å². The Morgan fingerprint density at radius 3 is 2.37 bits per heavy atom. The zero-order valence-electron chi connectivity index (χ0n) is 17.1. The molecule has 1 unspecified atom stereocenters. The third-order valence-corrected chi connectivity index (χ3v) is 7.01. The summed E-state index contributed by atoms with van der Waals surface area (Å²) in [4.78, 5) is 41.0. The lowest BCUT2D eigenvalue weighted by molar-refractivity contribution is -0.139. The van der Waals surface area contributed by atoms with Crippen molar-refractivity contribution in [1.29, 1.82) is 0 Å². The molecule has 3 rings (SSSR count). The Kier molecular flexibility index (Phi) is 5.04. The summed E-state index contributed by atoms with van der Waals surface area (Å²) in [5.41, 5.74) is 5.13. The molecule has 152 valence electrons. The maximum absolute atomic E-state index is 13.0. The van der Waals surface area contributed by atoms with E-state index in [2.05, 4.69) is 33.0 Å². The van der Waals surface area contributed by atoms with Crippen LogP contribution in [0.5, 0.6) is 0 Å². The number of rotatable bonds is 3. The van der Waals surface area contributed by atoms with Gasteiger partial charge in [-0.1, -0.05) is 27.7 Å². The van der Waals surface area contributed by atoms with Crippen molar-refractivity contribution in [3.8, 4) is 0 Å². The molecule has 0 radical (unpaired) electrons. The van der Waals surface area contributed by atoms with Gasteiger partial charge in [0.2, 0.25) is 5.91 Å². The third-order valence-electron chi connectivity index (χ3n) is 7.01. The first-order chi connectivity index (χ1) is 12.5. The van der Waals surface area contributed by atoms with Crippen molar-refractivity contribution in [2.45, 2.75) is 65.3 Å². The van der Waals surface area contributed by atoms with Crippen LogP contribution < -0.4 is 11.1 Å². The number of likely N-dealkylation sites (tertiary alicyclic amines) is 1. The molecule has 0 bridgehead atoms. The van der Waals surface area contributed by atoms with Gasteiger partial charge in [0, 0.05) is 13.1 Å². The molecular weight excluding hydrogens is 344 g/mol. The smallest absolute Gasteiger partial charge is 0.325 e. The molecule has 2 aliphatic heterocycles. The van der Waals surface area contributed by atoms with Gasteiger partial charge in [0.15, 0.2) is 0 Å². The minimum atomic E-state index is -0.810. The van der Waals surface area contributed by atoms with E-state index in [-0.39, 0.29) is 29.2 Å². The van der Waals surface area contributed by atoms with Crippen molar-refractivity contribution in [2.75, 3.05) is 26.2 Å². The van der Waals surface area contributed by atoms with Crippen LogP contribution in [0.15, 0.2) is 0 Å². The second-order valence-corrected chi connectivity index (χ2v) is 10.1. The van der Waals surface area contributed by atoms with Gasteiger partial charge in [0.25, 0.3) is 5.91 Å². The van der Waals surface area contributed by atoms with Crippen LogP contribution in [0, 0.1) is 16.7 Å². The van der Waals surface area contributed by atoms with Crippen LogP contribution in [0.4, 0.5) is 4.79 Å². The van der Waals surface area contributed by atoms with Crippen LogP contribution in [-0.4, -0.2) is 59.4 Å². The van der Waals surface area contributed by atoms with Crippen molar-refractivity contribution in [2.24, 2.45) is 22.5 Å². The summed E-state index contributed by atoms with van der Waals surface area (Å²) in [7, 11) is 0. The molecule has 1 spiro atoms. The summed E-state index contributed by atoms with van der Waals surface area (Å²) in [6.07, 6.45) is 3.99. The number of nitrogens with one attached hydrogen (secondary N) is 1. The largest absolute Gasteiger partial charge is 0.341 e. The van der Waals surface area contributed by atoms with Crippen LogP contribution in [0.25, 0.3) is 0 Å². The zero-order valence-corrected chi connectivity index (χ0v) is 17.1. The van der Waals surface area contributed by atoms with Gasteiger partial charge in [0.1, 0.15) is 12.1 Å². The average molecular weight is 379 g/mol. The van der Waals surface area contributed by atoms with Crippen molar-refractivity contribution in [1.82, 2.24) is 15.1 Å². The quantitative estimate of drug-likeness (QED) is 0.731. The lowest BCUT2D eigenvalue weighted by Gasteiger charge is -2.40. The standard InChI is InChI=1S/C20H34N4O3/c1-18(2,3)14-5-7-20(8-6-14)16(26)24(17(27)22-20)11-15(25)23-10-9-19(4,12-21)13-23/h14H,5-13,21H2,1-4H3,(H,22,27). The summed E-state index contributed by atoms with van der Waals surface area (Å²) < 4.78 is 0. The van der Waals surface area contributed by atoms with Crippen LogP contribution in [0.3, 0.4) is 0 Å². The molecule has 1 atom stereocenters. The van der Waals surface area contributed by atoms with Gasteiger partial charge in [0.05, 0.1) is 0 Å². The van der Waals surface area contributed by atoms with Crippen LogP contribution in [0.2, 0.25) is 0 Å². The molecule has 0 aromatic rings.